The summed E-state index contributed by atoms with van der Waals surface area (Å²) in [4.78, 5) is 14.9. The lowest BCUT2D eigenvalue weighted by atomic mass is 10.1. The van der Waals surface area contributed by atoms with Gasteiger partial charge in [-0.3, -0.25) is 4.79 Å². The van der Waals surface area contributed by atoms with Gasteiger partial charge in [-0.15, -0.1) is 0 Å². The average Bonchev–Trinajstić information content (AvgIpc) is 2.96. The van der Waals surface area contributed by atoms with Crippen molar-refractivity contribution < 1.29 is 14.3 Å². The summed E-state index contributed by atoms with van der Waals surface area (Å²) in [5.74, 6) is 0.435. The van der Waals surface area contributed by atoms with Crippen LogP contribution in [0.1, 0.15) is 17.9 Å². The second kappa shape index (κ2) is 3.99. The van der Waals surface area contributed by atoms with Gasteiger partial charge in [0.1, 0.15) is 11.3 Å². The van der Waals surface area contributed by atoms with Crippen molar-refractivity contribution in [3.8, 4) is 5.75 Å². The third-order valence-electron chi connectivity index (χ3n) is 3.87. The number of H-pyrrole nitrogens is 1. The Morgan fingerprint density at radius 3 is 2.95 bits per heavy atom. The van der Waals surface area contributed by atoms with Gasteiger partial charge in [0, 0.05) is 23.0 Å². The van der Waals surface area contributed by atoms with E-state index in [1.165, 1.54) is 7.11 Å². The molecule has 0 bridgehead atoms. The van der Waals surface area contributed by atoms with Crippen LogP contribution in [0.3, 0.4) is 0 Å². The first-order valence-corrected chi connectivity index (χ1v) is 6.12. The van der Waals surface area contributed by atoms with Crippen LogP contribution in [0.5, 0.6) is 5.75 Å². The van der Waals surface area contributed by atoms with Crippen molar-refractivity contribution in [2.24, 2.45) is 5.73 Å². The number of benzene rings is 1. The van der Waals surface area contributed by atoms with Crippen LogP contribution in [-0.2, 0) is 9.53 Å². The van der Waals surface area contributed by atoms with E-state index in [0.29, 0.717) is 6.42 Å². The zero-order valence-electron chi connectivity index (χ0n) is 10.9. The van der Waals surface area contributed by atoms with Gasteiger partial charge >= 0.3 is 5.97 Å². The molecule has 1 fully saturated rings. The maximum Gasteiger partial charge on any atom is 0.326 e. The monoisotopic (exact) mass is 260 g/mol. The molecule has 2 aromatic rings. The molecule has 1 aliphatic carbocycles. The van der Waals surface area contributed by atoms with Gasteiger partial charge in [0.15, 0.2) is 0 Å². The van der Waals surface area contributed by atoms with Crippen LogP contribution in [-0.4, -0.2) is 30.7 Å². The minimum absolute atomic E-state index is 0.000746. The summed E-state index contributed by atoms with van der Waals surface area (Å²) in [5, 5.41) is 1.04. The van der Waals surface area contributed by atoms with Gasteiger partial charge in [0.25, 0.3) is 0 Å². The highest BCUT2D eigenvalue weighted by Gasteiger charge is 2.59. The first-order valence-electron chi connectivity index (χ1n) is 6.12. The molecule has 0 amide bonds. The summed E-state index contributed by atoms with van der Waals surface area (Å²) in [6.07, 6.45) is 2.52. The molecule has 100 valence electrons. The number of nitrogens with two attached hydrogens (primary N) is 1. The molecule has 1 heterocycles. The van der Waals surface area contributed by atoms with Crippen LogP contribution >= 0.6 is 0 Å². The van der Waals surface area contributed by atoms with Crippen molar-refractivity contribution in [2.45, 2.75) is 17.9 Å². The Bertz CT molecular complexity index is 649. The SMILES string of the molecule is COC(=O)C1(N)CC1c1c[nH]c2ccc(OC)cc12. The van der Waals surface area contributed by atoms with Gasteiger partial charge in [0.05, 0.1) is 14.2 Å². The zero-order valence-corrected chi connectivity index (χ0v) is 10.9. The van der Waals surface area contributed by atoms with Crippen molar-refractivity contribution in [3.05, 3.63) is 30.0 Å². The highest BCUT2D eigenvalue weighted by Crippen LogP contribution is 2.52. The number of esters is 1. The van der Waals surface area contributed by atoms with E-state index in [2.05, 4.69) is 4.98 Å². The lowest BCUT2D eigenvalue weighted by Crippen LogP contribution is -2.35. The number of aromatic nitrogens is 1. The van der Waals surface area contributed by atoms with E-state index in [0.717, 1.165) is 22.2 Å². The van der Waals surface area contributed by atoms with Crippen molar-refractivity contribution in [3.63, 3.8) is 0 Å². The second-order valence-corrected chi connectivity index (χ2v) is 4.94. The molecule has 2 atom stereocenters. The molecule has 3 N–H and O–H groups in total. The van der Waals surface area contributed by atoms with E-state index >= 15 is 0 Å². The van der Waals surface area contributed by atoms with Crippen molar-refractivity contribution >= 4 is 16.9 Å². The molecule has 1 aliphatic rings. The molecule has 2 unspecified atom stereocenters. The molecule has 1 aromatic carbocycles. The highest BCUT2D eigenvalue weighted by molar-refractivity contribution is 5.91. The van der Waals surface area contributed by atoms with Crippen LogP contribution in [0.25, 0.3) is 10.9 Å². The number of methoxy groups -OCH3 is 2. The molecule has 0 spiro atoms. The van der Waals surface area contributed by atoms with Gasteiger partial charge in [-0.25, -0.2) is 0 Å². The summed E-state index contributed by atoms with van der Waals surface area (Å²) in [6, 6.07) is 5.80. The number of hydrogen-bond acceptors (Lipinski definition) is 4. The standard InChI is InChI=1S/C14H16N2O3/c1-18-8-3-4-12-9(5-8)10(7-16-12)11-6-14(11,15)13(17)19-2/h3-5,7,11,16H,6,15H2,1-2H3. The molecule has 0 radical (unpaired) electrons. The smallest absolute Gasteiger partial charge is 0.326 e. The Morgan fingerprint density at radius 1 is 1.47 bits per heavy atom. The Morgan fingerprint density at radius 2 is 2.26 bits per heavy atom. The quantitative estimate of drug-likeness (QED) is 0.820. The topological polar surface area (TPSA) is 77.3 Å². The molecule has 19 heavy (non-hydrogen) atoms. The van der Waals surface area contributed by atoms with Gasteiger partial charge in [0.2, 0.25) is 0 Å². The summed E-state index contributed by atoms with van der Waals surface area (Å²) in [5.41, 5.74) is 7.25. The largest absolute Gasteiger partial charge is 0.497 e. The fourth-order valence-corrected chi connectivity index (χ4v) is 2.62. The summed E-state index contributed by atoms with van der Waals surface area (Å²) in [6.45, 7) is 0. The molecule has 0 saturated heterocycles. The fourth-order valence-electron chi connectivity index (χ4n) is 2.62. The van der Waals surface area contributed by atoms with E-state index < -0.39 is 5.54 Å². The summed E-state index contributed by atoms with van der Waals surface area (Å²) < 4.78 is 9.99. The fraction of sp³-hybridized carbons (Fsp3) is 0.357. The highest BCUT2D eigenvalue weighted by atomic mass is 16.5. The predicted molar refractivity (Wildman–Crippen MR) is 71.1 cm³/mol. The number of ether oxygens (including phenoxy) is 2. The lowest BCUT2D eigenvalue weighted by Gasteiger charge is -2.08. The Labute approximate surface area is 110 Å². The van der Waals surface area contributed by atoms with Crippen molar-refractivity contribution in [1.29, 1.82) is 0 Å². The first-order chi connectivity index (χ1) is 9.10. The third-order valence-corrected chi connectivity index (χ3v) is 3.87. The van der Waals surface area contributed by atoms with E-state index in [4.69, 9.17) is 15.2 Å². The van der Waals surface area contributed by atoms with Crippen molar-refractivity contribution in [2.75, 3.05) is 14.2 Å². The van der Waals surface area contributed by atoms with E-state index in [9.17, 15) is 4.79 Å². The maximum absolute atomic E-state index is 11.7. The van der Waals surface area contributed by atoms with E-state index in [-0.39, 0.29) is 11.9 Å². The van der Waals surface area contributed by atoms with E-state index in [1.54, 1.807) is 7.11 Å². The molecular formula is C14H16N2O3. The average molecular weight is 260 g/mol. The molecule has 0 aliphatic heterocycles. The van der Waals surface area contributed by atoms with Crippen LogP contribution in [0.15, 0.2) is 24.4 Å². The van der Waals surface area contributed by atoms with Crippen molar-refractivity contribution in [1.82, 2.24) is 4.98 Å². The maximum atomic E-state index is 11.7. The number of fused-ring (bicyclic) bond motifs is 1. The number of rotatable bonds is 3. The Balaban J connectivity index is 2.01. The van der Waals surface area contributed by atoms with Gasteiger partial charge in [-0.1, -0.05) is 0 Å². The number of carbonyl (C=O) groups excluding carboxylic acids is 1. The normalized spacial score (nSPS) is 25.3. The molecule has 3 rings (SSSR count). The van der Waals surface area contributed by atoms with Crippen LogP contribution in [0.4, 0.5) is 0 Å². The molecule has 5 heteroatoms. The molecule has 1 saturated carbocycles. The van der Waals surface area contributed by atoms with Crippen LogP contribution in [0, 0.1) is 0 Å². The van der Waals surface area contributed by atoms with Gasteiger partial charge in [-0.05, 0) is 30.2 Å². The van der Waals surface area contributed by atoms with E-state index in [1.807, 2.05) is 24.4 Å². The summed E-state index contributed by atoms with van der Waals surface area (Å²) >= 11 is 0. The minimum Gasteiger partial charge on any atom is -0.497 e. The Hall–Kier alpha value is -2.01. The molecular weight excluding hydrogens is 244 g/mol. The van der Waals surface area contributed by atoms with Crippen LogP contribution < -0.4 is 10.5 Å². The predicted octanol–water partition coefficient (Wildman–Crippen LogP) is 1.53. The number of aromatic amines is 1. The van der Waals surface area contributed by atoms with Gasteiger partial charge in [-0.2, -0.15) is 0 Å². The number of carbonyl (C=O) groups is 1. The number of hydrogen-bond donors (Lipinski definition) is 2. The first kappa shape index (κ1) is 12.0. The molecule has 5 nitrogen and oxygen atoms in total. The summed E-state index contributed by atoms with van der Waals surface area (Å²) in [7, 11) is 3.00. The minimum atomic E-state index is -0.882. The third kappa shape index (κ3) is 1.69. The molecule has 1 aromatic heterocycles. The Kier molecular flexibility index (Phi) is 2.53. The van der Waals surface area contributed by atoms with Gasteiger partial charge < -0.3 is 20.2 Å². The lowest BCUT2D eigenvalue weighted by molar-refractivity contribution is -0.143. The van der Waals surface area contributed by atoms with Crippen LogP contribution in [0.2, 0.25) is 0 Å². The zero-order chi connectivity index (χ0) is 13.6. The number of nitrogens with one attached hydrogen (secondary N) is 1. The second-order valence-electron chi connectivity index (χ2n) is 4.94.